The molecule has 5 heteroatoms. The van der Waals surface area contributed by atoms with E-state index in [4.69, 9.17) is 0 Å². The minimum atomic E-state index is 0. The van der Waals surface area contributed by atoms with Crippen molar-refractivity contribution in [3.63, 3.8) is 0 Å². The van der Waals surface area contributed by atoms with Gasteiger partial charge in [-0.15, -0.1) is 0 Å². The maximum Gasteiger partial charge on any atom is 2.00 e. The Hall–Kier alpha value is -2.07. The average Bonchev–Trinajstić information content (AvgIpc) is 3.33. The van der Waals surface area contributed by atoms with E-state index in [1.807, 2.05) is 27.7 Å². The van der Waals surface area contributed by atoms with E-state index >= 15 is 0 Å². The van der Waals surface area contributed by atoms with E-state index in [2.05, 4.69) is 86.9 Å². The van der Waals surface area contributed by atoms with E-state index in [0.29, 0.717) is 0 Å². The molecule has 0 aromatic heterocycles. The molecular formula is C41H66N4Ni. The number of allylic oxidation sites excluding steroid dienone is 2. The quantitative estimate of drug-likeness (QED) is 0.0810. The molecule has 1 heterocycles. The van der Waals surface area contributed by atoms with Crippen molar-refractivity contribution in [1.82, 2.24) is 0 Å². The maximum atomic E-state index is 11.8. The molecule has 0 saturated heterocycles. The molecule has 46 heavy (non-hydrogen) atoms. The third-order valence-corrected chi connectivity index (χ3v) is 8.10. The molecule has 2 aromatic carbocycles. The number of nitrogens with zero attached hydrogens (tertiary/aromatic N) is 4. The molecule has 0 atom stereocenters. The normalized spacial score (nSPS) is 12.4. The zero-order chi connectivity index (χ0) is 33.3. The number of rotatable bonds is 19. The van der Waals surface area contributed by atoms with E-state index in [-0.39, 0.29) is 16.5 Å². The van der Waals surface area contributed by atoms with E-state index in [0.717, 1.165) is 93.6 Å². The molecule has 0 fully saturated rings. The van der Waals surface area contributed by atoms with Crippen LogP contribution in [0.15, 0.2) is 59.7 Å². The Bertz CT molecular complexity index is 1140. The zero-order valence-corrected chi connectivity index (χ0v) is 31.7. The standard InChI is InChI=1S/C33H46N2.2C4H10N.Ni/c1-5-9-13-23-31-30(22-12-8-4)32(28-20-14-18-26(24-28)16-10-6-2)35(34)33(31)29-21-15-19-27(25-29)17-11-7-3;2*1-3-5-4-2;/h14-15,18-21,24-25H,5-13,16-17,22-23H2,1-4H3;2*3-4H2,1-2H3;/q;2*-1;+2. The molecule has 260 valence electrons. The Balaban J connectivity index is 0.00000160. The molecule has 0 amide bonds. The second-order valence-corrected chi connectivity index (χ2v) is 11.8. The Labute approximate surface area is 294 Å². The van der Waals surface area contributed by atoms with E-state index in [1.54, 1.807) is 4.70 Å². The molecule has 0 N–H and O–H groups in total. The predicted octanol–water partition coefficient (Wildman–Crippen LogP) is 13.1. The zero-order valence-electron chi connectivity index (χ0n) is 30.7. The minimum absolute atomic E-state index is 0. The fourth-order valence-corrected chi connectivity index (χ4v) is 5.65. The molecule has 0 unspecified atom stereocenters. The van der Waals surface area contributed by atoms with Gasteiger partial charge in [0, 0.05) is 22.3 Å². The van der Waals surface area contributed by atoms with Crippen molar-refractivity contribution in [3.05, 3.63) is 98.1 Å². The first-order valence-electron chi connectivity index (χ1n) is 18.4. The van der Waals surface area contributed by atoms with Crippen LogP contribution in [0.2, 0.25) is 0 Å². The van der Waals surface area contributed by atoms with Gasteiger partial charge in [-0.1, -0.05) is 112 Å². The molecule has 3 rings (SSSR count). The van der Waals surface area contributed by atoms with Gasteiger partial charge in [0.1, 0.15) is 0 Å². The summed E-state index contributed by atoms with van der Waals surface area (Å²) >= 11 is 0. The molecule has 0 radical (unpaired) electrons. The smallest absolute Gasteiger partial charge is 0.663 e. The number of hydrogen-bond donors (Lipinski definition) is 0. The molecular weight excluding hydrogens is 607 g/mol. The fraction of sp³-hybridized carbons (Fsp3) is 0.610. The molecule has 0 spiro atoms. The van der Waals surface area contributed by atoms with Crippen molar-refractivity contribution in [2.75, 3.05) is 26.2 Å². The predicted molar refractivity (Wildman–Crippen MR) is 200 cm³/mol. The SMILES string of the molecule is CCCCCC1=C(c2cccc(CCCC)c2)[N+](=[N-])C(c2cccc(CCCC)c2)=C1CCCC.CC[N-]CC.CC[N-]CC.[Ni+2]. The number of benzene rings is 2. The Kier molecular flexibility index (Phi) is 26.7. The summed E-state index contributed by atoms with van der Waals surface area (Å²) in [4.78, 5) is 0. The third kappa shape index (κ3) is 15.7. The van der Waals surface area contributed by atoms with Crippen LogP contribution in [0.4, 0.5) is 0 Å². The molecule has 0 bridgehead atoms. The van der Waals surface area contributed by atoms with Crippen LogP contribution in [0.25, 0.3) is 27.6 Å². The molecule has 4 nitrogen and oxygen atoms in total. The van der Waals surface area contributed by atoms with E-state index in [1.165, 1.54) is 60.8 Å². The third-order valence-electron chi connectivity index (χ3n) is 8.10. The summed E-state index contributed by atoms with van der Waals surface area (Å²) in [6.45, 7) is 21.1. The van der Waals surface area contributed by atoms with Gasteiger partial charge < -0.3 is 16.2 Å². The van der Waals surface area contributed by atoms with Crippen molar-refractivity contribution in [2.24, 2.45) is 0 Å². The minimum Gasteiger partial charge on any atom is -0.663 e. The summed E-state index contributed by atoms with van der Waals surface area (Å²) in [6.07, 6.45) is 14.9. The second kappa shape index (κ2) is 28.0. The fourth-order valence-electron chi connectivity index (χ4n) is 5.65. The van der Waals surface area contributed by atoms with Crippen LogP contribution >= 0.6 is 0 Å². The van der Waals surface area contributed by atoms with Crippen LogP contribution in [-0.2, 0) is 29.3 Å². The van der Waals surface area contributed by atoms with Crippen LogP contribution in [0.3, 0.4) is 0 Å². The topological polar surface area (TPSA) is 53.5 Å². The van der Waals surface area contributed by atoms with Gasteiger partial charge in [-0.25, -0.2) is 4.70 Å². The maximum absolute atomic E-state index is 11.8. The summed E-state index contributed by atoms with van der Waals surface area (Å²) < 4.78 is 1.55. The van der Waals surface area contributed by atoms with Crippen LogP contribution in [-0.4, -0.2) is 30.9 Å². The summed E-state index contributed by atoms with van der Waals surface area (Å²) in [7, 11) is 0. The van der Waals surface area contributed by atoms with Gasteiger partial charge in [-0.05, 0) is 86.8 Å². The van der Waals surface area contributed by atoms with Gasteiger partial charge in [-0.2, -0.15) is 26.2 Å². The van der Waals surface area contributed by atoms with Crippen molar-refractivity contribution in [1.29, 1.82) is 0 Å². The average molecular weight is 674 g/mol. The number of aryl methyl sites for hydroxylation is 2. The molecule has 2 aromatic rings. The number of hydrogen-bond acceptors (Lipinski definition) is 0. The van der Waals surface area contributed by atoms with Crippen LogP contribution < -0.4 is 0 Å². The monoisotopic (exact) mass is 672 g/mol. The first-order valence-corrected chi connectivity index (χ1v) is 18.4. The van der Waals surface area contributed by atoms with Gasteiger partial charge >= 0.3 is 16.5 Å². The van der Waals surface area contributed by atoms with Crippen LogP contribution in [0.5, 0.6) is 0 Å². The Morgan fingerprint density at radius 2 is 0.870 bits per heavy atom. The van der Waals surface area contributed by atoms with E-state index in [9.17, 15) is 5.53 Å². The summed E-state index contributed by atoms with van der Waals surface area (Å²) in [5.74, 6) is 0. The van der Waals surface area contributed by atoms with Crippen LogP contribution in [0, 0.1) is 0 Å². The van der Waals surface area contributed by atoms with Crippen molar-refractivity contribution in [2.45, 2.75) is 139 Å². The largest absolute Gasteiger partial charge is 2.00 e. The van der Waals surface area contributed by atoms with Crippen LogP contribution in [0.1, 0.15) is 148 Å². The van der Waals surface area contributed by atoms with Crippen molar-refractivity contribution >= 4 is 11.4 Å². The van der Waals surface area contributed by atoms with Gasteiger partial charge in [0.2, 0.25) is 11.4 Å². The van der Waals surface area contributed by atoms with E-state index < -0.39 is 0 Å². The summed E-state index contributed by atoms with van der Waals surface area (Å²) in [5.41, 5.74) is 21.6. The second-order valence-electron chi connectivity index (χ2n) is 11.8. The summed E-state index contributed by atoms with van der Waals surface area (Å²) in [6, 6.07) is 17.8. The number of unbranched alkanes of at least 4 members (excludes halogenated alkanes) is 5. The van der Waals surface area contributed by atoms with Gasteiger partial charge in [-0.3, -0.25) is 0 Å². The Morgan fingerprint density at radius 3 is 1.22 bits per heavy atom. The first-order chi connectivity index (χ1) is 22.0. The van der Waals surface area contributed by atoms with Crippen molar-refractivity contribution in [3.8, 4) is 0 Å². The summed E-state index contributed by atoms with van der Waals surface area (Å²) in [5, 5.41) is 7.94. The Morgan fingerprint density at radius 1 is 0.500 bits per heavy atom. The molecule has 1 aliphatic heterocycles. The molecule has 1 aliphatic rings. The first kappa shape index (κ1) is 43.9. The van der Waals surface area contributed by atoms with Crippen molar-refractivity contribution < 1.29 is 21.2 Å². The van der Waals surface area contributed by atoms with Gasteiger partial charge in [0.15, 0.2) is 0 Å². The van der Waals surface area contributed by atoms with Gasteiger partial charge in [0.25, 0.3) is 0 Å². The molecule has 0 saturated carbocycles. The van der Waals surface area contributed by atoms with Gasteiger partial charge in [0.05, 0.1) is 0 Å². The molecule has 0 aliphatic carbocycles.